The summed E-state index contributed by atoms with van der Waals surface area (Å²) in [5.74, 6) is -0.0551. The van der Waals surface area contributed by atoms with Crippen LogP contribution in [-0.2, 0) is 19.3 Å². The van der Waals surface area contributed by atoms with Gasteiger partial charge in [0, 0.05) is 29.4 Å². The van der Waals surface area contributed by atoms with Gasteiger partial charge in [-0.15, -0.1) is 0 Å². The maximum atomic E-state index is 13.2. The van der Waals surface area contributed by atoms with Crippen molar-refractivity contribution in [2.24, 2.45) is 0 Å². The second-order valence-electron chi connectivity index (χ2n) is 4.91. The Morgan fingerprint density at radius 3 is 2.57 bits per heavy atom. The zero-order valence-electron chi connectivity index (χ0n) is 10.8. The van der Waals surface area contributed by atoms with Crippen LogP contribution in [0.25, 0.3) is 0 Å². The second kappa shape index (κ2) is 4.91. The molecule has 1 aromatic carbocycles. The number of hydrogen-bond donors (Lipinski definition) is 1. The average Bonchev–Trinajstić information content (AvgIpc) is 2.80. The first-order chi connectivity index (χ1) is 9.84. The third-order valence-corrected chi connectivity index (χ3v) is 3.82. The molecule has 0 bridgehead atoms. The van der Waals surface area contributed by atoms with E-state index in [0.717, 1.165) is 17.2 Å². The molecular formula is C14H11BrF3N3. The first-order valence-corrected chi connectivity index (χ1v) is 6.99. The maximum absolute atomic E-state index is 13.2. The minimum absolute atomic E-state index is 0.0551. The van der Waals surface area contributed by atoms with Crippen LogP contribution in [0.2, 0.25) is 0 Å². The molecule has 1 aliphatic heterocycles. The van der Waals surface area contributed by atoms with Crippen LogP contribution in [0.15, 0.2) is 34.9 Å². The van der Waals surface area contributed by atoms with Gasteiger partial charge >= 0.3 is 6.18 Å². The minimum atomic E-state index is -4.44. The van der Waals surface area contributed by atoms with Crippen molar-refractivity contribution >= 4 is 27.4 Å². The highest BCUT2D eigenvalue weighted by atomic mass is 79.9. The minimum Gasteiger partial charge on any atom is -0.399 e. The molecule has 21 heavy (non-hydrogen) atoms. The molecule has 1 aliphatic rings. The molecule has 0 atom stereocenters. The Labute approximate surface area is 127 Å². The van der Waals surface area contributed by atoms with Crippen LogP contribution < -0.4 is 10.6 Å². The second-order valence-corrected chi connectivity index (χ2v) is 5.82. The SMILES string of the molecule is Nc1ccc2c(c1)CN(c1ncc(Br)cc1C(F)(F)F)C2. The number of rotatable bonds is 1. The average molecular weight is 358 g/mol. The summed E-state index contributed by atoms with van der Waals surface area (Å²) in [5.41, 5.74) is 7.49. The molecule has 0 unspecified atom stereocenters. The standard InChI is InChI=1S/C14H11BrF3N3/c15-10-4-12(14(16,17)18)13(20-5-10)21-6-8-1-2-11(19)3-9(8)7-21/h1-5H,6-7,19H2. The van der Waals surface area contributed by atoms with E-state index in [-0.39, 0.29) is 5.82 Å². The highest BCUT2D eigenvalue weighted by Gasteiger charge is 2.37. The van der Waals surface area contributed by atoms with Crippen molar-refractivity contribution in [3.05, 3.63) is 51.6 Å². The van der Waals surface area contributed by atoms with Crippen molar-refractivity contribution in [1.82, 2.24) is 4.98 Å². The lowest BCUT2D eigenvalue weighted by Gasteiger charge is -2.21. The van der Waals surface area contributed by atoms with Crippen molar-refractivity contribution in [2.75, 3.05) is 10.6 Å². The quantitative estimate of drug-likeness (QED) is 0.785. The summed E-state index contributed by atoms with van der Waals surface area (Å²) in [6.07, 6.45) is -3.07. The van der Waals surface area contributed by atoms with Crippen LogP contribution in [-0.4, -0.2) is 4.98 Å². The van der Waals surface area contributed by atoms with Crippen LogP contribution in [0.5, 0.6) is 0 Å². The number of aromatic nitrogens is 1. The van der Waals surface area contributed by atoms with E-state index in [9.17, 15) is 13.2 Å². The molecule has 0 saturated carbocycles. The molecule has 0 saturated heterocycles. The molecule has 0 radical (unpaired) electrons. The zero-order chi connectivity index (χ0) is 15.2. The summed E-state index contributed by atoms with van der Waals surface area (Å²) in [6, 6.07) is 6.44. The predicted molar refractivity (Wildman–Crippen MR) is 77.7 cm³/mol. The number of fused-ring (bicyclic) bond motifs is 1. The third kappa shape index (κ3) is 2.70. The van der Waals surface area contributed by atoms with E-state index < -0.39 is 11.7 Å². The van der Waals surface area contributed by atoms with Gasteiger partial charge in [0.15, 0.2) is 0 Å². The van der Waals surface area contributed by atoms with Crippen LogP contribution >= 0.6 is 15.9 Å². The summed E-state index contributed by atoms with van der Waals surface area (Å²) in [5, 5.41) is 0. The number of nitrogens with two attached hydrogens (primary N) is 1. The number of hydrogen-bond acceptors (Lipinski definition) is 3. The molecule has 0 aliphatic carbocycles. The monoisotopic (exact) mass is 357 g/mol. The lowest BCUT2D eigenvalue weighted by atomic mass is 10.1. The Kier molecular flexibility index (Phi) is 3.32. The van der Waals surface area contributed by atoms with E-state index in [2.05, 4.69) is 20.9 Å². The smallest absolute Gasteiger partial charge is 0.399 e. The van der Waals surface area contributed by atoms with Gasteiger partial charge in [-0.2, -0.15) is 13.2 Å². The zero-order valence-corrected chi connectivity index (χ0v) is 12.4. The fraction of sp³-hybridized carbons (Fsp3) is 0.214. The van der Waals surface area contributed by atoms with Gasteiger partial charge in [-0.1, -0.05) is 6.07 Å². The molecule has 110 valence electrons. The van der Waals surface area contributed by atoms with Crippen LogP contribution in [0.1, 0.15) is 16.7 Å². The Bertz CT molecular complexity index is 700. The predicted octanol–water partition coefficient (Wildman–Crippen LogP) is 3.97. The number of halogens is 4. The van der Waals surface area contributed by atoms with Gasteiger partial charge in [0.05, 0.1) is 5.56 Å². The number of benzene rings is 1. The number of nitrogens with zero attached hydrogens (tertiary/aromatic N) is 2. The topological polar surface area (TPSA) is 42.1 Å². The van der Waals surface area contributed by atoms with Crippen molar-refractivity contribution in [2.45, 2.75) is 19.3 Å². The Balaban J connectivity index is 2.00. The van der Waals surface area contributed by atoms with E-state index in [1.165, 1.54) is 6.20 Å². The van der Waals surface area contributed by atoms with E-state index in [1.54, 1.807) is 17.0 Å². The van der Waals surface area contributed by atoms with E-state index in [0.29, 0.717) is 23.2 Å². The first kappa shape index (κ1) is 14.2. The summed E-state index contributed by atoms with van der Waals surface area (Å²) in [6.45, 7) is 0.769. The van der Waals surface area contributed by atoms with Gasteiger partial charge in [0.1, 0.15) is 5.82 Å². The van der Waals surface area contributed by atoms with Gasteiger partial charge in [-0.25, -0.2) is 4.98 Å². The lowest BCUT2D eigenvalue weighted by molar-refractivity contribution is -0.137. The van der Waals surface area contributed by atoms with E-state index in [1.807, 2.05) is 6.07 Å². The number of pyridine rings is 1. The Morgan fingerprint density at radius 2 is 1.86 bits per heavy atom. The summed E-state index contributed by atoms with van der Waals surface area (Å²) in [7, 11) is 0. The first-order valence-electron chi connectivity index (χ1n) is 6.19. The van der Waals surface area contributed by atoms with Gasteiger partial charge in [0.25, 0.3) is 0 Å². The Hall–Kier alpha value is -1.76. The fourth-order valence-electron chi connectivity index (χ4n) is 2.46. The molecular weight excluding hydrogens is 347 g/mol. The Morgan fingerprint density at radius 1 is 1.14 bits per heavy atom. The van der Waals surface area contributed by atoms with Crippen molar-refractivity contribution in [3.8, 4) is 0 Å². The number of anilines is 2. The van der Waals surface area contributed by atoms with Gasteiger partial charge in [-0.3, -0.25) is 0 Å². The molecule has 1 aromatic heterocycles. The van der Waals surface area contributed by atoms with E-state index in [4.69, 9.17) is 5.73 Å². The van der Waals surface area contributed by atoms with Crippen LogP contribution in [0, 0.1) is 0 Å². The highest BCUT2D eigenvalue weighted by molar-refractivity contribution is 9.10. The third-order valence-electron chi connectivity index (χ3n) is 3.39. The van der Waals surface area contributed by atoms with Crippen molar-refractivity contribution < 1.29 is 13.2 Å². The van der Waals surface area contributed by atoms with E-state index >= 15 is 0 Å². The number of nitrogen functional groups attached to an aromatic ring is 1. The molecule has 0 amide bonds. The van der Waals surface area contributed by atoms with Crippen LogP contribution in [0.4, 0.5) is 24.7 Å². The molecule has 2 aromatic rings. The van der Waals surface area contributed by atoms with Gasteiger partial charge in [0.2, 0.25) is 0 Å². The van der Waals surface area contributed by atoms with Gasteiger partial charge < -0.3 is 10.6 Å². The molecule has 2 N–H and O–H groups in total. The summed E-state index contributed by atoms with van der Waals surface area (Å²) < 4.78 is 39.8. The molecule has 2 heterocycles. The maximum Gasteiger partial charge on any atom is 0.419 e. The number of alkyl halides is 3. The normalized spacial score (nSPS) is 14.4. The molecule has 3 rings (SSSR count). The largest absolute Gasteiger partial charge is 0.419 e. The van der Waals surface area contributed by atoms with Crippen molar-refractivity contribution in [3.63, 3.8) is 0 Å². The van der Waals surface area contributed by atoms with Crippen LogP contribution in [0.3, 0.4) is 0 Å². The summed E-state index contributed by atoms with van der Waals surface area (Å²) >= 11 is 3.04. The summed E-state index contributed by atoms with van der Waals surface area (Å²) in [4.78, 5) is 5.57. The molecule has 0 fully saturated rings. The molecule has 7 heteroatoms. The lowest BCUT2D eigenvalue weighted by Crippen LogP contribution is -2.21. The van der Waals surface area contributed by atoms with Gasteiger partial charge in [-0.05, 0) is 45.3 Å². The highest BCUT2D eigenvalue weighted by Crippen LogP contribution is 2.39. The molecule has 3 nitrogen and oxygen atoms in total. The fourth-order valence-corrected chi connectivity index (χ4v) is 2.79. The van der Waals surface area contributed by atoms with Crippen molar-refractivity contribution in [1.29, 1.82) is 0 Å². The molecule has 0 spiro atoms.